The zero-order valence-corrected chi connectivity index (χ0v) is 11.0. The van der Waals surface area contributed by atoms with Gasteiger partial charge in [0, 0.05) is 12.5 Å². The standard InChI is InChI=1S/C16H19FO2/c17-16-11-15(19-12-13-5-1-2-6-13)9-8-14(16)7-3-4-10-18/h8-9,11,13,18H,1-2,4-6,10,12H2. The molecule has 1 fully saturated rings. The lowest BCUT2D eigenvalue weighted by molar-refractivity contribution is 0.251. The molecule has 1 aromatic carbocycles. The highest BCUT2D eigenvalue weighted by atomic mass is 19.1. The van der Waals surface area contributed by atoms with Crippen molar-refractivity contribution in [2.24, 2.45) is 5.92 Å². The summed E-state index contributed by atoms with van der Waals surface area (Å²) >= 11 is 0. The van der Waals surface area contributed by atoms with E-state index < -0.39 is 0 Å². The van der Waals surface area contributed by atoms with Gasteiger partial charge in [-0.25, -0.2) is 4.39 Å². The van der Waals surface area contributed by atoms with E-state index in [0.717, 1.165) is 0 Å². The number of rotatable bonds is 4. The molecule has 1 aliphatic carbocycles. The van der Waals surface area contributed by atoms with Crippen LogP contribution in [0.2, 0.25) is 0 Å². The molecule has 0 heterocycles. The first kappa shape index (κ1) is 13.9. The lowest BCUT2D eigenvalue weighted by Gasteiger charge is -2.11. The fourth-order valence-electron chi connectivity index (χ4n) is 2.29. The lowest BCUT2D eigenvalue weighted by atomic mass is 10.1. The van der Waals surface area contributed by atoms with Crippen molar-refractivity contribution in [3.05, 3.63) is 29.6 Å². The molecule has 0 radical (unpaired) electrons. The quantitative estimate of drug-likeness (QED) is 0.845. The molecule has 1 saturated carbocycles. The van der Waals surface area contributed by atoms with E-state index in [4.69, 9.17) is 9.84 Å². The van der Waals surface area contributed by atoms with Crippen LogP contribution in [-0.2, 0) is 0 Å². The molecule has 1 aliphatic rings. The van der Waals surface area contributed by atoms with Crippen molar-refractivity contribution in [3.8, 4) is 17.6 Å². The van der Waals surface area contributed by atoms with Crippen LogP contribution in [0.3, 0.4) is 0 Å². The average Bonchev–Trinajstić information content (AvgIpc) is 2.92. The molecule has 1 aromatic rings. The van der Waals surface area contributed by atoms with E-state index in [1.165, 1.54) is 31.7 Å². The minimum atomic E-state index is -0.366. The maximum absolute atomic E-state index is 13.7. The fourth-order valence-corrected chi connectivity index (χ4v) is 2.29. The monoisotopic (exact) mass is 262 g/mol. The summed E-state index contributed by atoms with van der Waals surface area (Å²) in [5, 5.41) is 8.62. The van der Waals surface area contributed by atoms with Gasteiger partial charge in [0.05, 0.1) is 18.8 Å². The van der Waals surface area contributed by atoms with E-state index in [1.54, 1.807) is 12.1 Å². The van der Waals surface area contributed by atoms with Crippen LogP contribution in [0.5, 0.6) is 5.75 Å². The molecule has 1 N–H and O–H groups in total. The summed E-state index contributed by atoms with van der Waals surface area (Å²) in [6, 6.07) is 4.77. The largest absolute Gasteiger partial charge is 0.493 e. The lowest BCUT2D eigenvalue weighted by Crippen LogP contribution is -2.08. The molecule has 102 valence electrons. The number of benzene rings is 1. The summed E-state index contributed by atoms with van der Waals surface area (Å²) in [5.41, 5.74) is 0.349. The third-order valence-electron chi connectivity index (χ3n) is 3.36. The van der Waals surface area contributed by atoms with Crippen molar-refractivity contribution in [1.29, 1.82) is 0 Å². The molecule has 0 saturated heterocycles. The molecule has 19 heavy (non-hydrogen) atoms. The van der Waals surface area contributed by atoms with Crippen molar-refractivity contribution in [2.45, 2.75) is 32.1 Å². The Labute approximate surface area is 113 Å². The Morgan fingerprint density at radius 3 is 2.79 bits per heavy atom. The van der Waals surface area contributed by atoms with Gasteiger partial charge in [-0.15, -0.1) is 0 Å². The zero-order chi connectivity index (χ0) is 13.5. The second-order valence-corrected chi connectivity index (χ2v) is 4.88. The molecule has 0 unspecified atom stereocenters. The maximum atomic E-state index is 13.7. The van der Waals surface area contributed by atoms with Gasteiger partial charge in [0.15, 0.2) is 0 Å². The Hall–Kier alpha value is -1.53. The average molecular weight is 262 g/mol. The molecule has 0 atom stereocenters. The van der Waals surface area contributed by atoms with E-state index in [1.807, 2.05) is 0 Å². The van der Waals surface area contributed by atoms with Gasteiger partial charge in [-0.3, -0.25) is 0 Å². The summed E-state index contributed by atoms with van der Waals surface area (Å²) in [5.74, 6) is 6.22. The highest BCUT2D eigenvalue weighted by Crippen LogP contribution is 2.26. The number of halogens is 1. The summed E-state index contributed by atoms with van der Waals surface area (Å²) in [6.07, 6.45) is 5.35. The molecule has 2 rings (SSSR count). The van der Waals surface area contributed by atoms with Gasteiger partial charge in [0.2, 0.25) is 0 Å². The number of ether oxygens (including phenoxy) is 1. The summed E-state index contributed by atoms with van der Waals surface area (Å²) in [4.78, 5) is 0. The highest BCUT2D eigenvalue weighted by molar-refractivity contribution is 5.39. The van der Waals surface area contributed by atoms with Crippen LogP contribution in [0.15, 0.2) is 18.2 Å². The van der Waals surface area contributed by atoms with Crippen molar-refractivity contribution in [1.82, 2.24) is 0 Å². The van der Waals surface area contributed by atoms with E-state index in [0.29, 0.717) is 30.3 Å². The Morgan fingerprint density at radius 2 is 2.11 bits per heavy atom. The fraction of sp³-hybridized carbons (Fsp3) is 0.500. The SMILES string of the molecule is OCCC#Cc1ccc(OCC2CCCC2)cc1F. The first-order valence-electron chi connectivity index (χ1n) is 6.81. The van der Waals surface area contributed by atoms with E-state index in [-0.39, 0.29) is 12.4 Å². The van der Waals surface area contributed by atoms with Crippen LogP contribution in [-0.4, -0.2) is 18.3 Å². The predicted molar refractivity (Wildman–Crippen MR) is 72.4 cm³/mol. The molecular weight excluding hydrogens is 243 g/mol. The number of hydrogen-bond donors (Lipinski definition) is 1. The third-order valence-corrected chi connectivity index (χ3v) is 3.36. The van der Waals surface area contributed by atoms with E-state index in [9.17, 15) is 4.39 Å². The van der Waals surface area contributed by atoms with Crippen LogP contribution in [0, 0.1) is 23.6 Å². The third kappa shape index (κ3) is 4.25. The van der Waals surface area contributed by atoms with Gasteiger partial charge < -0.3 is 9.84 Å². The van der Waals surface area contributed by atoms with Gasteiger partial charge in [0.25, 0.3) is 0 Å². The highest BCUT2D eigenvalue weighted by Gasteiger charge is 2.15. The predicted octanol–water partition coefficient (Wildman–Crippen LogP) is 3.13. The molecule has 0 aliphatic heterocycles. The van der Waals surface area contributed by atoms with Gasteiger partial charge in [-0.2, -0.15) is 0 Å². The zero-order valence-electron chi connectivity index (χ0n) is 11.0. The van der Waals surface area contributed by atoms with Gasteiger partial charge in [-0.05, 0) is 30.9 Å². The molecule has 0 spiro atoms. The second kappa shape index (κ2) is 7.16. The molecule has 2 nitrogen and oxygen atoms in total. The molecular formula is C16H19FO2. The first-order chi connectivity index (χ1) is 9.29. The Kier molecular flexibility index (Phi) is 5.23. The topological polar surface area (TPSA) is 29.5 Å². The van der Waals surface area contributed by atoms with E-state index >= 15 is 0 Å². The minimum Gasteiger partial charge on any atom is -0.493 e. The molecule has 0 amide bonds. The summed E-state index contributed by atoms with van der Waals surface area (Å²) in [6.45, 7) is 0.673. The van der Waals surface area contributed by atoms with Gasteiger partial charge in [0.1, 0.15) is 11.6 Å². The van der Waals surface area contributed by atoms with Crippen LogP contribution >= 0.6 is 0 Å². The summed E-state index contributed by atoms with van der Waals surface area (Å²) in [7, 11) is 0. The van der Waals surface area contributed by atoms with E-state index in [2.05, 4.69) is 11.8 Å². The van der Waals surface area contributed by atoms with Crippen LogP contribution in [0.4, 0.5) is 4.39 Å². The molecule has 3 heteroatoms. The Morgan fingerprint density at radius 1 is 1.32 bits per heavy atom. The maximum Gasteiger partial charge on any atom is 0.142 e. The number of hydrogen-bond acceptors (Lipinski definition) is 2. The molecule has 0 aromatic heterocycles. The Balaban J connectivity index is 1.92. The Bertz CT molecular complexity index is 467. The van der Waals surface area contributed by atoms with Crippen LogP contribution in [0.1, 0.15) is 37.7 Å². The summed E-state index contributed by atoms with van der Waals surface area (Å²) < 4.78 is 19.4. The van der Waals surface area contributed by atoms with Crippen LogP contribution < -0.4 is 4.74 Å². The van der Waals surface area contributed by atoms with Crippen LogP contribution in [0.25, 0.3) is 0 Å². The molecule has 0 bridgehead atoms. The van der Waals surface area contributed by atoms with Crippen molar-refractivity contribution in [3.63, 3.8) is 0 Å². The van der Waals surface area contributed by atoms with Crippen molar-refractivity contribution in [2.75, 3.05) is 13.2 Å². The second-order valence-electron chi connectivity index (χ2n) is 4.88. The van der Waals surface area contributed by atoms with Crippen molar-refractivity contribution >= 4 is 0 Å². The van der Waals surface area contributed by atoms with Crippen molar-refractivity contribution < 1.29 is 14.2 Å². The smallest absolute Gasteiger partial charge is 0.142 e. The minimum absolute atomic E-state index is 0.00278. The first-order valence-corrected chi connectivity index (χ1v) is 6.81. The normalized spacial score (nSPS) is 15.1. The van der Waals surface area contributed by atoms with Gasteiger partial charge >= 0.3 is 0 Å². The van der Waals surface area contributed by atoms with Gasteiger partial charge in [-0.1, -0.05) is 24.7 Å². The number of aliphatic hydroxyl groups is 1. The number of aliphatic hydroxyl groups excluding tert-OH is 1.